The van der Waals surface area contributed by atoms with E-state index in [0.717, 1.165) is 28.6 Å². The van der Waals surface area contributed by atoms with Crippen molar-refractivity contribution in [2.45, 2.75) is 45.7 Å². The zero-order valence-corrected chi connectivity index (χ0v) is 13.7. The Balaban J connectivity index is 1.96. The Labute approximate surface area is 125 Å². The normalized spacial score (nSPS) is 27.3. The van der Waals surface area contributed by atoms with Gasteiger partial charge in [-0.25, -0.2) is 0 Å². The second-order valence-electron chi connectivity index (χ2n) is 5.95. The molecule has 106 valence electrons. The average molecular weight is 326 g/mol. The number of rotatable bonds is 4. The third-order valence-electron chi connectivity index (χ3n) is 4.00. The summed E-state index contributed by atoms with van der Waals surface area (Å²) < 4.78 is 6.53. The third-order valence-corrected chi connectivity index (χ3v) is 4.50. The lowest BCUT2D eigenvalue weighted by atomic mass is 9.80. The van der Waals surface area contributed by atoms with Crippen LogP contribution in [-0.4, -0.2) is 13.2 Å². The van der Waals surface area contributed by atoms with Crippen LogP contribution in [0.25, 0.3) is 0 Å². The molecule has 0 radical (unpaired) electrons. The smallest absolute Gasteiger partial charge is 0.123 e. The number of ether oxygens (including phenoxy) is 1. The number of hydrogen-bond acceptors (Lipinski definition) is 2. The summed E-state index contributed by atoms with van der Waals surface area (Å²) in [5.41, 5.74) is 1.22. The summed E-state index contributed by atoms with van der Waals surface area (Å²) >= 11 is 3.53. The highest BCUT2D eigenvalue weighted by Gasteiger charge is 2.23. The van der Waals surface area contributed by atoms with Crippen molar-refractivity contribution in [1.29, 1.82) is 0 Å². The largest absolute Gasteiger partial charge is 0.496 e. The van der Waals surface area contributed by atoms with Gasteiger partial charge in [-0.1, -0.05) is 29.8 Å². The maximum absolute atomic E-state index is 5.42. The van der Waals surface area contributed by atoms with Crippen LogP contribution in [0.2, 0.25) is 0 Å². The van der Waals surface area contributed by atoms with Gasteiger partial charge in [0, 0.05) is 22.6 Å². The predicted molar refractivity (Wildman–Crippen MR) is 83.5 cm³/mol. The van der Waals surface area contributed by atoms with E-state index >= 15 is 0 Å². The standard InChI is InChI=1S/C16H24BrNO/c1-11-6-12(2)8-15(7-11)18-10-13-9-14(17)4-5-16(13)19-3/h4-5,9,11-12,15,18H,6-8,10H2,1-3H3. The molecule has 0 heterocycles. The maximum atomic E-state index is 5.42. The van der Waals surface area contributed by atoms with Crippen LogP contribution in [0.15, 0.2) is 22.7 Å². The summed E-state index contributed by atoms with van der Waals surface area (Å²) in [5.74, 6) is 2.64. The van der Waals surface area contributed by atoms with E-state index in [4.69, 9.17) is 4.74 Å². The molecule has 1 aliphatic carbocycles. The second-order valence-corrected chi connectivity index (χ2v) is 6.87. The van der Waals surface area contributed by atoms with Crippen LogP contribution in [0, 0.1) is 11.8 Å². The van der Waals surface area contributed by atoms with Crippen molar-refractivity contribution in [3.63, 3.8) is 0 Å². The van der Waals surface area contributed by atoms with E-state index in [1.807, 2.05) is 12.1 Å². The van der Waals surface area contributed by atoms with Crippen LogP contribution in [0.1, 0.15) is 38.7 Å². The zero-order chi connectivity index (χ0) is 13.8. The van der Waals surface area contributed by atoms with Crippen LogP contribution in [0.4, 0.5) is 0 Å². The minimum Gasteiger partial charge on any atom is -0.496 e. The molecule has 1 aromatic rings. The van der Waals surface area contributed by atoms with Gasteiger partial charge in [0.1, 0.15) is 5.75 Å². The van der Waals surface area contributed by atoms with Gasteiger partial charge in [-0.05, 0) is 49.3 Å². The maximum Gasteiger partial charge on any atom is 0.123 e. The molecular formula is C16H24BrNO. The van der Waals surface area contributed by atoms with Gasteiger partial charge in [0.2, 0.25) is 0 Å². The minimum atomic E-state index is 0.641. The topological polar surface area (TPSA) is 21.3 Å². The summed E-state index contributed by atoms with van der Waals surface area (Å²) in [5, 5.41) is 3.70. The predicted octanol–water partition coefficient (Wildman–Crippen LogP) is 4.37. The summed E-state index contributed by atoms with van der Waals surface area (Å²) in [4.78, 5) is 0. The summed E-state index contributed by atoms with van der Waals surface area (Å²) in [6.07, 6.45) is 3.96. The molecule has 0 aromatic heterocycles. The first-order chi connectivity index (χ1) is 9.08. The Kier molecular flexibility index (Phi) is 5.28. The number of benzene rings is 1. The minimum absolute atomic E-state index is 0.641. The van der Waals surface area contributed by atoms with E-state index in [1.165, 1.54) is 24.8 Å². The Morgan fingerprint density at radius 3 is 2.53 bits per heavy atom. The first kappa shape index (κ1) is 14.9. The Hall–Kier alpha value is -0.540. The Bertz CT molecular complexity index is 411. The van der Waals surface area contributed by atoms with Crippen molar-refractivity contribution in [2.24, 2.45) is 11.8 Å². The van der Waals surface area contributed by atoms with E-state index in [1.54, 1.807) is 7.11 Å². The zero-order valence-electron chi connectivity index (χ0n) is 12.1. The van der Waals surface area contributed by atoms with Gasteiger partial charge in [0.05, 0.1) is 7.11 Å². The average Bonchev–Trinajstić information content (AvgIpc) is 2.35. The molecule has 2 rings (SSSR count). The van der Waals surface area contributed by atoms with E-state index in [0.29, 0.717) is 6.04 Å². The fourth-order valence-electron chi connectivity index (χ4n) is 3.25. The molecule has 0 aliphatic heterocycles. The van der Waals surface area contributed by atoms with Crippen molar-refractivity contribution in [2.75, 3.05) is 7.11 Å². The quantitative estimate of drug-likeness (QED) is 0.887. The van der Waals surface area contributed by atoms with Gasteiger partial charge in [-0.3, -0.25) is 0 Å². The van der Waals surface area contributed by atoms with Crippen LogP contribution >= 0.6 is 15.9 Å². The van der Waals surface area contributed by atoms with Crippen LogP contribution in [0.3, 0.4) is 0 Å². The van der Waals surface area contributed by atoms with Crippen molar-refractivity contribution < 1.29 is 4.74 Å². The Morgan fingerprint density at radius 1 is 1.21 bits per heavy atom. The first-order valence-corrected chi connectivity index (χ1v) is 7.93. The van der Waals surface area contributed by atoms with E-state index in [-0.39, 0.29) is 0 Å². The number of hydrogen-bond donors (Lipinski definition) is 1. The molecule has 19 heavy (non-hydrogen) atoms. The van der Waals surface area contributed by atoms with Gasteiger partial charge >= 0.3 is 0 Å². The molecule has 2 unspecified atom stereocenters. The van der Waals surface area contributed by atoms with Gasteiger partial charge in [0.25, 0.3) is 0 Å². The summed E-state index contributed by atoms with van der Waals surface area (Å²) in [6, 6.07) is 6.82. The molecule has 3 heteroatoms. The molecule has 1 fully saturated rings. The first-order valence-electron chi connectivity index (χ1n) is 7.14. The van der Waals surface area contributed by atoms with Crippen LogP contribution in [-0.2, 0) is 6.54 Å². The second kappa shape index (κ2) is 6.76. The molecule has 1 aliphatic rings. The number of methoxy groups -OCH3 is 1. The number of nitrogens with one attached hydrogen (secondary N) is 1. The summed E-state index contributed by atoms with van der Waals surface area (Å²) in [7, 11) is 1.73. The fourth-order valence-corrected chi connectivity index (χ4v) is 3.66. The molecule has 0 amide bonds. The van der Waals surface area contributed by atoms with E-state index in [2.05, 4.69) is 41.2 Å². The molecule has 0 saturated heterocycles. The molecule has 0 bridgehead atoms. The Morgan fingerprint density at radius 2 is 1.89 bits per heavy atom. The molecule has 2 nitrogen and oxygen atoms in total. The third kappa shape index (κ3) is 4.22. The fraction of sp³-hybridized carbons (Fsp3) is 0.625. The van der Waals surface area contributed by atoms with E-state index in [9.17, 15) is 0 Å². The SMILES string of the molecule is COc1ccc(Br)cc1CNC1CC(C)CC(C)C1. The van der Waals surface area contributed by atoms with Crippen LogP contribution in [0.5, 0.6) is 5.75 Å². The van der Waals surface area contributed by atoms with Gasteiger partial charge in [0.15, 0.2) is 0 Å². The van der Waals surface area contributed by atoms with E-state index < -0.39 is 0 Å². The monoisotopic (exact) mass is 325 g/mol. The van der Waals surface area contributed by atoms with Crippen molar-refractivity contribution >= 4 is 15.9 Å². The number of halogens is 1. The molecule has 1 N–H and O–H groups in total. The molecule has 1 saturated carbocycles. The molecule has 0 spiro atoms. The van der Waals surface area contributed by atoms with Gasteiger partial charge in [-0.2, -0.15) is 0 Å². The lowest BCUT2D eigenvalue weighted by Crippen LogP contribution is -2.35. The molecule has 2 atom stereocenters. The lowest BCUT2D eigenvalue weighted by molar-refractivity contribution is 0.237. The highest BCUT2D eigenvalue weighted by atomic mass is 79.9. The highest BCUT2D eigenvalue weighted by molar-refractivity contribution is 9.10. The van der Waals surface area contributed by atoms with Gasteiger partial charge in [-0.15, -0.1) is 0 Å². The van der Waals surface area contributed by atoms with Gasteiger partial charge < -0.3 is 10.1 Å². The summed E-state index contributed by atoms with van der Waals surface area (Å²) in [6.45, 7) is 5.61. The lowest BCUT2D eigenvalue weighted by Gasteiger charge is -2.32. The highest BCUT2D eigenvalue weighted by Crippen LogP contribution is 2.29. The molecule has 1 aromatic carbocycles. The van der Waals surface area contributed by atoms with Crippen molar-refractivity contribution in [3.05, 3.63) is 28.2 Å². The molecular weight excluding hydrogens is 302 g/mol. The van der Waals surface area contributed by atoms with Crippen molar-refractivity contribution in [1.82, 2.24) is 5.32 Å². The van der Waals surface area contributed by atoms with Crippen LogP contribution < -0.4 is 10.1 Å². The van der Waals surface area contributed by atoms with Crippen molar-refractivity contribution in [3.8, 4) is 5.75 Å².